The molecule has 1 fully saturated rings. The first-order valence-corrected chi connectivity index (χ1v) is 7.47. The van der Waals surface area contributed by atoms with E-state index >= 15 is 0 Å². The molecular formula is C18H22N2O. The molecule has 1 aliphatic heterocycles. The number of aryl methyl sites for hydroxylation is 1. The number of rotatable bonds is 3. The highest BCUT2D eigenvalue weighted by Gasteiger charge is 2.17. The Labute approximate surface area is 126 Å². The number of hydrogen-bond donors (Lipinski definition) is 0. The van der Waals surface area contributed by atoms with Crippen molar-refractivity contribution in [2.45, 2.75) is 6.92 Å². The van der Waals surface area contributed by atoms with E-state index in [2.05, 4.69) is 59.2 Å². The Hall–Kier alpha value is -2.16. The number of piperazine rings is 1. The van der Waals surface area contributed by atoms with Crippen molar-refractivity contribution in [1.29, 1.82) is 0 Å². The smallest absolute Gasteiger partial charge is 0.120 e. The van der Waals surface area contributed by atoms with Crippen LogP contribution in [0.4, 0.5) is 11.4 Å². The molecule has 3 nitrogen and oxygen atoms in total. The second kappa shape index (κ2) is 6.08. The third-order valence-corrected chi connectivity index (χ3v) is 4.10. The Bertz CT molecular complexity index is 586. The van der Waals surface area contributed by atoms with Crippen LogP contribution < -0.4 is 14.5 Å². The third-order valence-electron chi connectivity index (χ3n) is 4.10. The van der Waals surface area contributed by atoms with Crippen LogP contribution in [0.5, 0.6) is 5.75 Å². The van der Waals surface area contributed by atoms with Gasteiger partial charge in [-0.05, 0) is 31.2 Å². The van der Waals surface area contributed by atoms with Gasteiger partial charge >= 0.3 is 0 Å². The third kappa shape index (κ3) is 3.13. The Kier molecular flexibility index (Phi) is 4.00. The topological polar surface area (TPSA) is 15.7 Å². The average Bonchev–Trinajstić information content (AvgIpc) is 2.56. The van der Waals surface area contributed by atoms with Crippen LogP contribution in [0.3, 0.4) is 0 Å². The molecule has 0 spiro atoms. The van der Waals surface area contributed by atoms with Crippen molar-refractivity contribution < 1.29 is 4.74 Å². The lowest BCUT2D eigenvalue weighted by atomic mass is 10.2. The van der Waals surface area contributed by atoms with E-state index in [0.29, 0.717) is 0 Å². The minimum atomic E-state index is 0.925. The van der Waals surface area contributed by atoms with Gasteiger partial charge in [0.25, 0.3) is 0 Å². The lowest BCUT2D eigenvalue weighted by molar-refractivity contribution is 0.414. The van der Waals surface area contributed by atoms with Crippen LogP contribution in [-0.4, -0.2) is 33.3 Å². The van der Waals surface area contributed by atoms with E-state index < -0.39 is 0 Å². The molecule has 1 saturated heterocycles. The Morgan fingerprint density at radius 2 is 1.43 bits per heavy atom. The molecule has 0 aliphatic carbocycles. The summed E-state index contributed by atoms with van der Waals surface area (Å²) in [5, 5.41) is 0. The fourth-order valence-electron chi connectivity index (χ4n) is 2.79. The Balaban J connectivity index is 1.65. The zero-order valence-electron chi connectivity index (χ0n) is 12.7. The van der Waals surface area contributed by atoms with Gasteiger partial charge in [-0.15, -0.1) is 0 Å². The largest absolute Gasteiger partial charge is 0.497 e. The fraction of sp³-hybridized carbons (Fsp3) is 0.333. The summed E-state index contributed by atoms with van der Waals surface area (Å²) in [7, 11) is 1.72. The van der Waals surface area contributed by atoms with Crippen LogP contribution in [0, 0.1) is 6.92 Å². The number of hydrogen-bond acceptors (Lipinski definition) is 3. The molecule has 3 rings (SSSR count). The van der Waals surface area contributed by atoms with E-state index in [1.54, 1.807) is 7.11 Å². The van der Waals surface area contributed by atoms with Gasteiger partial charge in [0.1, 0.15) is 5.75 Å². The molecular weight excluding hydrogens is 260 g/mol. The van der Waals surface area contributed by atoms with Gasteiger partial charge in [0.05, 0.1) is 7.11 Å². The summed E-state index contributed by atoms with van der Waals surface area (Å²) in [4.78, 5) is 4.88. The van der Waals surface area contributed by atoms with Crippen molar-refractivity contribution in [3.8, 4) is 5.75 Å². The minimum absolute atomic E-state index is 0.925. The zero-order chi connectivity index (χ0) is 14.7. The number of ether oxygens (including phenoxy) is 1. The number of benzene rings is 2. The summed E-state index contributed by atoms with van der Waals surface area (Å²) in [5.41, 5.74) is 3.89. The molecule has 3 heteroatoms. The highest BCUT2D eigenvalue weighted by Crippen LogP contribution is 2.24. The number of anilines is 2. The molecule has 110 valence electrons. The van der Waals surface area contributed by atoms with Crippen LogP contribution in [0.1, 0.15) is 5.56 Å². The minimum Gasteiger partial charge on any atom is -0.497 e. The molecule has 0 atom stereocenters. The second-order valence-corrected chi connectivity index (χ2v) is 5.51. The van der Waals surface area contributed by atoms with Crippen LogP contribution in [0.15, 0.2) is 48.5 Å². The zero-order valence-corrected chi connectivity index (χ0v) is 12.7. The summed E-state index contributed by atoms with van der Waals surface area (Å²) in [6.07, 6.45) is 0. The summed E-state index contributed by atoms with van der Waals surface area (Å²) in [5.74, 6) is 0.925. The van der Waals surface area contributed by atoms with Crippen LogP contribution in [0.25, 0.3) is 0 Å². The van der Waals surface area contributed by atoms with Gasteiger partial charge in [-0.25, -0.2) is 0 Å². The monoisotopic (exact) mass is 282 g/mol. The van der Waals surface area contributed by atoms with Crippen LogP contribution in [0.2, 0.25) is 0 Å². The Morgan fingerprint density at radius 3 is 2.05 bits per heavy atom. The maximum absolute atomic E-state index is 5.31. The molecule has 2 aromatic rings. The fourth-order valence-corrected chi connectivity index (χ4v) is 2.79. The van der Waals surface area contributed by atoms with E-state index in [4.69, 9.17) is 4.74 Å². The molecule has 0 N–H and O–H groups in total. The van der Waals surface area contributed by atoms with Crippen LogP contribution >= 0.6 is 0 Å². The lowest BCUT2D eigenvalue weighted by Gasteiger charge is -2.37. The quantitative estimate of drug-likeness (QED) is 0.859. The van der Waals surface area contributed by atoms with Gasteiger partial charge in [-0.2, -0.15) is 0 Å². The van der Waals surface area contributed by atoms with Crippen molar-refractivity contribution in [3.63, 3.8) is 0 Å². The first-order valence-electron chi connectivity index (χ1n) is 7.47. The number of nitrogens with zero attached hydrogens (tertiary/aromatic N) is 2. The summed E-state index contributed by atoms with van der Waals surface area (Å²) < 4.78 is 5.31. The van der Waals surface area contributed by atoms with Crippen LogP contribution in [-0.2, 0) is 0 Å². The molecule has 0 amide bonds. The maximum Gasteiger partial charge on any atom is 0.120 e. The van der Waals surface area contributed by atoms with Gasteiger partial charge in [0.2, 0.25) is 0 Å². The highest BCUT2D eigenvalue weighted by atomic mass is 16.5. The summed E-state index contributed by atoms with van der Waals surface area (Å²) in [6, 6.07) is 17.1. The lowest BCUT2D eigenvalue weighted by Crippen LogP contribution is -2.46. The molecule has 1 aliphatic rings. The molecule has 0 bridgehead atoms. The first-order chi connectivity index (χ1) is 10.3. The van der Waals surface area contributed by atoms with Crippen molar-refractivity contribution in [3.05, 3.63) is 54.1 Å². The van der Waals surface area contributed by atoms with Gasteiger partial charge in [0, 0.05) is 43.6 Å². The molecule has 21 heavy (non-hydrogen) atoms. The first kappa shape index (κ1) is 13.8. The van der Waals surface area contributed by atoms with E-state index in [0.717, 1.165) is 31.9 Å². The second-order valence-electron chi connectivity index (χ2n) is 5.51. The molecule has 1 heterocycles. The van der Waals surface area contributed by atoms with Gasteiger partial charge in [0.15, 0.2) is 0 Å². The predicted octanol–water partition coefficient (Wildman–Crippen LogP) is 3.33. The maximum atomic E-state index is 5.31. The average molecular weight is 282 g/mol. The van der Waals surface area contributed by atoms with Gasteiger partial charge in [-0.1, -0.05) is 23.8 Å². The molecule has 2 aromatic carbocycles. The van der Waals surface area contributed by atoms with E-state index in [9.17, 15) is 0 Å². The highest BCUT2D eigenvalue weighted by molar-refractivity contribution is 5.54. The summed E-state index contributed by atoms with van der Waals surface area (Å²) >= 11 is 0. The molecule has 0 unspecified atom stereocenters. The van der Waals surface area contributed by atoms with Crippen molar-refractivity contribution in [1.82, 2.24) is 0 Å². The van der Waals surface area contributed by atoms with E-state index in [1.807, 2.05) is 6.07 Å². The molecule has 0 saturated carbocycles. The van der Waals surface area contributed by atoms with Gasteiger partial charge < -0.3 is 14.5 Å². The summed E-state index contributed by atoms with van der Waals surface area (Å²) in [6.45, 7) is 6.33. The Morgan fingerprint density at radius 1 is 0.810 bits per heavy atom. The molecule has 0 radical (unpaired) electrons. The van der Waals surface area contributed by atoms with Crippen molar-refractivity contribution in [2.24, 2.45) is 0 Å². The standard InChI is InChI=1S/C18H22N2O/c1-15-6-8-16(9-7-15)19-10-12-20(13-11-19)17-4-3-5-18(14-17)21-2/h3-9,14H,10-13H2,1-2H3. The normalized spacial score (nSPS) is 15.1. The number of methoxy groups -OCH3 is 1. The van der Waals surface area contributed by atoms with E-state index in [1.165, 1.54) is 16.9 Å². The van der Waals surface area contributed by atoms with Crippen molar-refractivity contribution >= 4 is 11.4 Å². The predicted molar refractivity (Wildman–Crippen MR) is 88.6 cm³/mol. The van der Waals surface area contributed by atoms with Crippen molar-refractivity contribution in [2.75, 3.05) is 43.1 Å². The molecule has 0 aromatic heterocycles. The van der Waals surface area contributed by atoms with Gasteiger partial charge in [-0.3, -0.25) is 0 Å². The SMILES string of the molecule is COc1cccc(N2CCN(c3ccc(C)cc3)CC2)c1. The van der Waals surface area contributed by atoms with E-state index in [-0.39, 0.29) is 0 Å².